The normalized spacial score (nSPS) is 18.3. The number of carbonyl (C=O) groups excluding carboxylic acids is 1. The molecular formula is C24H32N4O4S. The summed E-state index contributed by atoms with van der Waals surface area (Å²) in [4.78, 5) is 19.7. The number of imidazole rings is 1. The van der Waals surface area contributed by atoms with Gasteiger partial charge >= 0.3 is 0 Å². The van der Waals surface area contributed by atoms with Crippen LogP contribution in [0.1, 0.15) is 44.3 Å². The maximum Gasteiger partial charge on any atom is 0.243 e. The van der Waals surface area contributed by atoms with Crippen molar-refractivity contribution in [3.63, 3.8) is 0 Å². The van der Waals surface area contributed by atoms with Crippen molar-refractivity contribution in [1.29, 1.82) is 0 Å². The van der Waals surface area contributed by atoms with Crippen LogP contribution >= 0.6 is 0 Å². The molecule has 1 aliphatic carbocycles. The van der Waals surface area contributed by atoms with Gasteiger partial charge in [-0.05, 0) is 31.0 Å². The molecule has 2 heterocycles. The van der Waals surface area contributed by atoms with Crippen LogP contribution in [0.3, 0.4) is 0 Å². The van der Waals surface area contributed by atoms with Crippen molar-refractivity contribution in [2.75, 3.05) is 32.8 Å². The van der Waals surface area contributed by atoms with Crippen LogP contribution in [0.2, 0.25) is 0 Å². The second-order valence-corrected chi connectivity index (χ2v) is 10.7. The van der Waals surface area contributed by atoms with E-state index in [1.165, 1.54) is 10.7 Å². The average molecular weight is 473 g/mol. The van der Waals surface area contributed by atoms with Crippen molar-refractivity contribution in [1.82, 2.24) is 18.8 Å². The molecule has 33 heavy (non-hydrogen) atoms. The quantitative estimate of drug-likeness (QED) is 0.578. The molecule has 178 valence electrons. The molecule has 9 heteroatoms. The zero-order valence-electron chi connectivity index (χ0n) is 19.2. The van der Waals surface area contributed by atoms with Gasteiger partial charge in [-0.2, -0.15) is 4.31 Å². The summed E-state index contributed by atoms with van der Waals surface area (Å²) in [7, 11) is -1.69. The zero-order chi connectivity index (χ0) is 23.4. The minimum Gasteiger partial charge on any atom is -0.379 e. The Balaban J connectivity index is 1.49. The maximum atomic E-state index is 13.0. The number of terminal acetylenes is 1. The molecule has 1 aliphatic heterocycles. The minimum atomic E-state index is -3.59. The van der Waals surface area contributed by atoms with Gasteiger partial charge < -0.3 is 14.2 Å². The summed E-state index contributed by atoms with van der Waals surface area (Å²) in [6.45, 7) is 1.85. The zero-order valence-corrected chi connectivity index (χ0v) is 20.0. The lowest BCUT2D eigenvalue weighted by Crippen LogP contribution is -2.41. The number of amides is 1. The Morgan fingerprint density at radius 3 is 2.67 bits per heavy atom. The van der Waals surface area contributed by atoms with Crippen LogP contribution < -0.4 is 0 Å². The van der Waals surface area contributed by atoms with Gasteiger partial charge in [-0.3, -0.25) is 4.79 Å². The number of nitrogens with zero attached hydrogens (tertiary/aromatic N) is 4. The number of hydrogen-bond acceptors (Lipinski definition) is 5. The SMILES string of the molecule is C#CCN(C(=O)CCc1nc2cc(S(=O)(=O)N3CCOCC3)ccc2n1C)C1CCCCC1. The van der Waals surface area contributed by atoms with Crippen molar-refractivity contribution in [2.45, 2.75) is 55.9 Å². The number of morpholine rings is 1. The van der Waals surface area contributed by atoms with Crippen molar-refractivity contribution in [3.8, 4) is 12.3 Å². The Kier molecular flexibility index (Phi) is 7.37. The van der Waals surface area contributed by atoms with Crippen LogP contribution in [-0.2, 0) is 33.0 Å². The average Bonchev–Trinajstić information content (AvgIpc) is 3.17. The molecule has 2 fully saturated rings. The first-order valence-electron chi connectivity index (χ1n) is 11.7. The monoisotopic (exact) mass is 472 g/mol. The van der Waals surface area contributed by atoms with E-state index in [1.807, 2.05) is 16.5 Å². The molecule has 1 saturated heterocycles. The first kappa shape index (κ1) is 23.7. The molecule has 1 amide bonds. The molecule has 1 aromatic carbocycles. The maximum absolute atomic E-state index is 13.0. The largest absolute Gasteiger partial charge is 0.379 e. The predicted molar refractivity (Wildman–Crippen MR) is 126 cm³/mol. The molecule has 2 aliphatic rings. The van der Waals surface area contributed by atoms with Crippen LogP contribution in [0, 0.1) is 12.3 Å². The second kappa shape index (κ2) is 10.2. The van der Waals surface area contributed by atoms with Gasteiger partial charge in [0, 0.05) is 39.0 Å². The molecule has 8 nitrogen and oxygen atoms in total. The number of rotatable bonds is 7. The fourth-order valence-electron chi connectivity index (χ4n) is 4.82. The molecule has 0 unspecified atom stereocenters. The Labute approximate surface area is 195 Å². The standard InChI is InChI=1S/C24H32N4O4S/c1-3-13-28(19-7-5-4-6-8-19)24(29)12-11-23-25-21-18-20(9-10-22(21)26(23)2)33(30,31)27-14-16-32-17-15-27/h1,9-10,18-19H,4-8,11-17H2,2H3. The summed E-state index contributed by atoms with van der Waals surface area (Å²) in [6.07, 6.45) is 11.9. The van der Waals surface area contributed by atoms with E-state index in [2.05, 4.69) is 10.9 Å². The second-order valence-electron chi connectivity index (χ2n) is 8.77. The van der Waals surface area contributed by atoms with Gasteiger partial charge in [0.25, 0.3) is 0 Å². The number of aromatic nitrogens is 2. The van der Waals surface area contributed by atoms with E-state index >= 15 is 0 Å². The third-order valence-corrected chi connectivity index (χ3v) is 8.61. The first-order chi connectivity index (χ1) is 15.9. The van der Waals surface area contributed by atoms with Gasteiger partial charge in [0.2, 0.25) is 15.9 Å². The number of ether oxygens (including phenoxy) is 1. The fraction of sp³-hybridized carbons (Fsp3) is 0.583. The number of benzene rings is 1. The van der Waals surface area contributed by atoms with Gasteiger partial charge in [-0.25, -0.2) is 13.4 Å². The molecule has 2 aromatic rings. The van der Waals surface area contributed by atoms with E-state index in [0.29, 0.717) is 51.2 Å². The van der Waals surface area contributed by atoms with E-state index in [1.54, 1.807) is 18.2 Å². The number of carbonyl (C=O) groups is 1. The number of fused-ring (bicyclic) bond motifs is 1. The van der Waals surface area contributed by atoms with Crippen LogP contribution in [-0.4, -0.2) is 72.0 Å². The molecule has 0 atom stereocenters. The van der Waals surface area contributed by atoms with Crippen LogP contribution in [0.4, 0.5) is 0 Å². The highest BCUT2D eigenvalue weighted by molar-refractivity contribution is 7.89. The minimum absolute atomic E-state index is 0.0579. The van der Waals surface area contributed by atoms with Gasteiger partial charge in [0.1, 0.15) is 5.82 Å². The van der Waals surface area contributed by atoms with Crippen LogP contribution in [0.5, 0.6) is 0 Å². The van der Waals surface area contributed by atoms with Crippen LogP contribution in [0.25, 0.3) is 11.0 Å². The molecular weight excluding hydrogens is 440 g/mol. The Morgan fingerprint density at radius 2 is 1.97 bits per heavy atom. The lowest BCUT2D eigenvalue weighted by Gasteiger charge is -2.33. The molecule has 0 spiro atoms. The predicted octanol–water partition coefficient (Wildman–Crippen LogP) is 2.32. The number of sulfonamides is 1. The Bertz CT molecular complexity index is 1140. The summed E-state index contributed by atoms with van der Waals surface area (Å²) < 4.78 is 34.6. The molecule has 4 rings (SSSR count). The third-order valence-electron chi connectivity index (χ3n) is 6.71. The van der Waals surface area contributed by atoms with Crippen molar-refractivity contribution in [3.05, 3.63) is 24.0 Å². The van der Waals surface area contributed by atoms with Gasteiger partial charge in [0.05, 0.1) is 35.7 Å². The van der Waals surface area contributed by atoms with Crippen LogP contribution in [0.15, 0.2) is 23.1 Å². The fourth-order valence-corrected chi connectivity index (χ4v) is 6.25. The highest BCUT2D eigenvalue weighted by Crippen LogP contribution is 2.25. The third kappa shape index (κ3) is 5.08. The van der Waals surface area contributed by atoms with E-state index < -0.39 is 10.0 Å². The molecule has 0 N–H and O–H groups in total. The number of hydrogen-bond donors (Lipinski definition) is 0. The van der Waals surface area contributed by atoms with E-state index in [-0.39, 0.29) is 16.8 Å². The van der Waals surface area contributed by atoms with Crippen molar-refractivity contribution < 1.29 is 17.9 Å². The van der Waals surface area contributed by atoms with Crippen molar-refractivity contribution >= 4 is 27.0 Å². The van der Waals surface area contributed by atoms with E-state index in [0.717, 1.165) is 37.0 Å². The highest BCUT2D eigenvalue weighted by atomic mass is 32.2. The van der Waals surface area contributed by atoms with E-state index in [9.17, 15) is 13.2 Å². The molecule has 0 bridgehead atoms. The summed E-state index contributed by atoms with van der Waals surface area (Å²) >= 11 is 0. The first-order valence-corrected chi connectivity index (χ1v) is 13.1. The molecule has 1 saturated carbocycles. The number of aryl methyl sites for hydroxylation is 2. The summed E-state index contributed by atoms with van der Waals surface area (Å²) in [5.41, 5.74) is 1.45. The lowest BCUT2D eigenvalue weighted by molar-refractivity contribution is -0.133. The molecule has 1 aromatic heterocycles. The Hall–Kier alpha value is -2.41. The van der Waals surface area contributed by atoms with Crippen molar-refractivity contribution in [2.24, 2.45) is 7.05 Å². The summed E-state index contributed by atoms with van der Waals surface area (Å²) in [5.74, 6) is 3.45. The van der Waals surface area contributed by atoms with Gasteiger partial charge in [0.15, 0.2) is 0 Å². The Morgan fingerprint density at radius 1 is 1.24 bits per heavy atom. The highest BCUT2D eigenvalue weighted by Gasteiger charge is 2.28. The van der Waals surface area contributed by atoms with Gasteiger partial charge in [-0.15, -0.1) is 6.42 Å². The summed E-state index contributed by atoms with van der Waals surface area (Å²) in [6, 6.07) is 5.27. The lowest BCUT2D eigenvalue weighted by atomic mass is 9.94. The topological polar surface area (TPSA) is 84.7 Å². The van der Waals surface area contributed by atoms with E-state index in [4.69, 9.17) is 11.2 Å². The smallest absolute Gasteiger partial charge is 0.243 e. The summed E-state index contributed by atoms with van der Waals surface area (Å²) in [5, 5.41) is 0. The molecule has 0 radical (unpaired) electrons. The van der Waals surface area contributed by atoms with Gasteiger partial charge in [-0.1, -0.05) is 25.2 Å².